The molecule has 2 nitrogen and oxygen atoms in total. The van der Waals surface area contributed by atoms with Gasteiger partial charge in [0.1, 0.15) is 0 Å². The molecule has 0 aromatic heterocycles. The molecule has 3 aromatic rings. The molecule has 0 unspecified atom stereocenters. The van der Waals surface area contributed by atoms with Gasteiger partial charge in [0.25, 0.3) is 0 Å². The molecule has 3 aliphatic rings. The fourth-order valence-corrected chi connectivity index (χ4v) is 5.25. The normalized spacial score (nSPS) is 17.3. The Morgan fingerprint density at radius 3 is 2.52 bits per heavy atom. The van der Waals surface area contributed by atoms with Crippen molar-refractivity contribution in [3.63, 3.8) is 0 Å². The van der Waals surface area contributed by atoms with Gasteiger partial charge in [-0.2, -0.15) is 0 Å². The summed E-state index contributed by atoms with van der Waals surface area (Å²) < 4.78 is 0. The summed E-state index contributed by atoms with van der Waals surface area (Å²) in [6, 6.07) is 22.4. The van der Waals surface area contributed by atoms with Crippen LogP contribution < -0.4 is 0 Å². The molecule has 29 heavy (non-hydrogen) atoms. The second kappa shape index (κ2) is 6.59. The van der Waals surface area contributed by atoms with Gasteiger partial charge in [-0.1, -0.05) is 67.1 Å². The molecule has 0 spiro atoms. The highest BCUT2D eigenvalue weighted by atomic mass is 16.2. The second-order valence-corrected chi connectivity index (χ2v) is 8.79. The van der Waals surface area contributed by atoms with E-state index in [1.807, 2.05) is 0 Å². The molecule has 6 rings (SSSR count). The molecule has 2 heteroatoms. The maximum absolute atomic E-state index is 12.6. The van der Waals surface area contributed by atoms with Crippen LogP contribution in [-0.4, -0.2) is 17.4 Å². The number of hydrogen-bond acceptors (Lipinski definition) is 1. The number of carbonyl (C=O) groups is 1. The first-order valence-corrected chi connectivity index (χ1v) is 10.9. The van der Waals surface area contributed by atoms with Gasteiger partial charge in [-0.15, -0.1) is 0 Å². The first-order valence-electron chi connectivity index (χ1n) is 10.9. The highest BCUT2D eigenvalue weighted by molar-refractivity contribution is 5.85. The average molecular weight is 380 g/mol. The number of hydrogen-bond donors (Lipinski definition) is 0. The lowest BCUT2D eigenvalue weighted by molar-refractivity contribution is -0.139. The van der Waals surface area contributed by atoms with Gasteiger partial charge in [0.2, 0.25) is 5.91 Å². The number of nitrogens with zero attached hydrogens (tertiary/aromatic N) is 1. The van der Waals surface area contributed by atoms with Crippen LogP contribution in [-0.2, 0) is 24.2 Å². The van der Waals surface area contributed by atoms with Crippen LogP contribution in [0.5, 0.6) is 0 Å². The van der Waals surface area contributed by atoms with E-state index < -0.39 is 0 Å². The second-order valence-electron chi connectivity index (χ2n) is 8.79. The van der Waals surface area contributed by atoms with Crippen LogP contribution in [0.25, 0.3) is 22.3 Å². The Labute approximate surface area is 172 Å². The molecule has 1 fully saturated rings. The summed E-state index contributed by atoms with van der Waals surface area (Å²) in [7, 11) is 0. The Hall–Kier alpha value is -2.87. The van der Waals surface area contributed by atoms with E-state index in [0.29, 0.717) is 11.8 Å². The molecule has 2 aliphatic carbocycles. The van der Waals surface area contributed by atoms with Crippen LogP contribution in [0.2, 0.25) is 0 Å². The standard InChI is InChI=1S/C27H25NO/c29-27(18-6-3-7-18)28-14-13-19-15-21(11-12-22(19)17-28)24-9-4-10-25-23-8-2-1-5-20(23)16-26(24)25/h1-2,4-5,8-12,15,18H,3,6-7,13-14,16-17H2. The smallest absolute Gasteiger partial charge is 0.225 e. The van der Waals surface area contributed by atoms with Gasteiger partial charge < -0.3 is 4.90 Å². The van der Waals surface area contributed by atoms with Gasteiger partial charge in [0, 0.05) is 19.0 Å². The fraction of sp³-hybridized carbons (Fsp3) is 0.296. The summed E-state index contributed by atoms with van der Waals surface area (Å²) in [5, 5.41) is 0. The van der Waals surface area contributed by atoms with Crippen molar-refractivity contribution in [2.75, 3.05) is 6.54 Å². The SMILES string of the molecule is O=C(C1CCC1)N1CCc2cc(-c3cccc4c3Cc3ccccc3-4)ccc2C1. The molecule has 0 bridgehead atoms. The van der Waals surface area contributed by atoms with E-state index in [9.17, 15) is 4.79 Å². The lowest BCUT2D eigenvalue weighted by Gasteiger charge is -2.35. The van der Waals surface area contributed by atoms with E-state index in [1.54, 1.807) is 0 Å². The van der Waals surface area contributed by atoms with Gasteiger partial charge in [-0.25, -0.2) is 0 Å². The zero-order valence-electron chi connectivity index (χ0n) is 16.7. The van der Waals surface area contributed by atoms with Crippen LogP contribution in [0, 0.1) is 5.92 Å². The summed E-state index contributed by atoms with van der Waals surface area (Å²) in [5.74, 6) is 0.675. The van der Waals surface area contributed by atoms with Crippen molar-refractivity contribution in [3.05, 3.63) is 82.9 Å². The van der Waals surface area contributed by atoms with Crippen LogP contribution in [0.1, 0.15) is 41.5 Å². The van der Waals surface area contributed by atoms with Crippen molar-refractivity contribution < 1.29 is 4.79 Å². The van der Waals surface area contributed by atoms with Crippen LogP contribution in [0.15, 0.2) is 60.7 Å². The predicted molar refractivity (Wildman–Crippen MR) is 117 cm³/mol. The molecule has 0 atom stereocenters. The monoisotopic (exact) mass is 379 g/mol. The molecular weight excluding hydrogens is 354 g/mol. The van der Waals surface area contributed by atoms with E-state index in [4.69, 9.17) is 0 Å². The van der Waals surface area contributed by atoms with Crippen LogP contribution >= 0.6 is 0 Å². The summed E-state index contributed by atoms with van der Waals surface area (Å²) in [4.78, 5) is 14.7. The van der Waals surface area contributed by atoms with Crippen molar-refractivity contribution in [3.8, 4) is 22.3 Å². The minimum Gasteiger partial charge on any atom is -0.338 e. The summed E-state index contributed by atoms with van der Waals surface area (Å²) in [5.41, 5.74) is 11.0. The minimum atomic E-state index is 0.296. The van der Waals surface area contributed by atoms with Gasteiger partial charge in [-0.3, -0.25) is 4.79 Å². The molecule has 1 saturated carbocycles. The van der Waals surface area contributed by atoms with Crippen LogP contribution in [0.3, 0.4) is 0 Å². The number of benzene rings is 3. The van der Waals surface area contributed by atoms with E-state index in [-0.39, 0.29) is 0 Å². The lowest BCUT2D eigenvalue weighted by atomic mass is 9.83. The Balaban J connectivity index is 1.32. The minimum absolute atomic E-state index is 0.296. The number of amides is 1. The van der Waals surface area contributed by atoms with Gasteiger partial charge in [-0.05, 0) is 70.2 Å². The quantitative estimate of drug-likeness (QED) is 0.443. The van der Waals surface area contributed by atoms with Crippen molar-refractivity contribution in [2.24, 2.45) is 5.92 Å². The third kappa shape index (κ3) is 2.73. The summed E-state index contributed by atoms with van der Waals surface area (Å²) in [6.07, 6.45) is 5.38. The molecule has 0 radical (unpaired) electrons. The summed E-state index contributed by atoms with van der Waals surface area (Å²) >= 11 is 0. The van der Waals surface area contributed by atoms with Crippen molar-refractivity contribution in [1.29, 1.82) is 0 Å². The number of fused-ring (bicyclic) bond motifs is 4. The lowest BCUT2D eigenvalue weighted by Crippen LogP contribution is -2.41. The fourth-order valence-electron chi connectivity index (χ4n) is 5.25. The molecule has 1 heterocycles. The molecule has 0 saturated heterocycles. The molecule has 1 amide bonds. The molecule has 1 aliphatic heterocycles. The van der Waals surface area contributed by atoms with Gasteiger partial charge >= 0.3 is 0 Å². The average Bonchev–Trinajstić information content (AvgIpc) is 3.10. The Kier molecular flexibility index (Phi) is 3.87. The maximum atomic E-state index is 12.6. The molecular formula is C27H25NO. The Morgan fingerprint density at radius 2 is 1.66 bits per heavy atom. The maximum Gasteiger partial charge on any atom is 0.225 e. The number of rotatable bonds is 2. The van der Waals surface area contributed by atoms with Crippen molar-refractivity contribution in [2.45, 2.75) is 38.6 Å². The highest BCUT2D eigenvalue weighted by Gasteiger charge is 2.31. The Bertz CT molecular complexity index is 1130. The third-order valence-electron chi connectivity index (χ3n) is 7.15. The first-order chi connectivity index (χ1) is 14.3. The number of carbonyl (C=O) groups excluding carboxylic acids is 1. The molecule has 0 N–H and O–H groups in total. The van der Waals surface area contributed by atoms with E-state index >= 15 is 0 Å². The van der Waals surface area contributed by atoms with Gasteiger partial charge in [0.15, 0.2) is 0 Å². The zero-order chi connectivity index (χ0) is 19.4. The zero-order valence-corrected chi connectivity index (χ0v) is 16.7. The molecule has 144 valence electrons. The first kappa shape index (κ1) is 17.0. The summed E-state index contributed by atoms with van der Waals surface area (Å²) in [6.45, 7) is 1.65. The van der Waals surface area contributed by atoms with Gasteiger partial charge in [0.05, 0.1) is 0 Å². The van der Waals surface area contributed by atoms with E-state index in [0.717, 1.165) is 38.8 Å². The van der Waals surface area contributed by atoms with Crippen molar-refractivity contribution >= 4 is 5.91 Å². The Morgan fingerprint density at radius 1 is 0.828 bits per heavy atom. The highest BCUT2D eigenvalue weighted by Crippen LogP contribution is 2.42. The predicted octanol–water partition coefficient (Wildman–Crippen LogP) is 5.61. The molecule has 3 aromatic carbocycles. The topological polar surface area (TPSA) is 20.3 Å². The van der Waals surface area contributed by atoms with E-state index in [1.165, 1.54) is 50.9 Å². The third-order valence-corrected chi connectivity index (χ3v) is 7.15. The largest absolute Gasteiger partial charge is 0.338 e. The van der Waals surface area contributed by atoms with Crippen LogP contribution in [0.4, 0.5) is 0 Å². The van der Waals surface area contributed by atoms with Crippen molar-refractivity contribution in [1.82, 2.24) is 4.90 Å². The van der Waals surface area contributed by atoms with E-state index in [2.05, 4.69) is 65.6 Å².